The minimum absolute atomic E-state index is 0.105. The Kier molecular flexibility index (Phi) is 6.19. The zero-order valence-electron chi connectivity index (χ0n) is 18.0. The molecule has 3 heterocycles. The van der Waals surface area contributed by atoms with Gasteiger partial charge in [-0.15, -0.1) is 11.8 Å². The molecule has 2 N–H and O–H groups in total. The Hall–Kier alpha value is -2.77. The van der Waals surface area contributed by atoms with Crippen LogP contribution in [-0.4, -0.2) is 57.4 Å². The first kappa shape index (κ1) is 21.1. The van der Waals surface area contributed by atoms with Crippen LogP contribution in [-0.2, 0) is 11.3 Å². The van der Waals surface area contributed by atoms with Gasteiger partial charge in [0.25, 0.3) is 5.91 Å². The lowest BCUT2D eigenvalue weighted by molar-refractivity contribution is -0.119. The van der Waals surface area contributed by atoms with Crippen molar-refractivity contribution in [3.63, 3.8) is 0 Å². The molecule has 0 bridgehead atoms. The van der Waals surface area contributed by atoms with Gasteiger partial charge in [0.05, 0.1) is 11.4 Å². The third-order valence-corrected chi connectivity index (χ3v) is 7.33. The van der Waals surface area contributed by atoms with E-state index < -0.39 is 6.04 Å². The number of hydrogen-bond acceptors (Lipinski definition) is 4. The number of hydrogen-bond donors (Lipinski definition) is 2. The number of aromatic amines is 1. The Balaban J connectivity index is 1.28. The van der Waals surface area contributed by atoms with Gasteiger partial charge in [0.1, 0.15) is 6.04 Å². The summed E-state index contributed by atoms with van der Waals surface area (Å²) in [6, 6.07) is 15.4. The van der Waals surface area contributed by atoms with Crippen LogP contribution in [0.2, 0.25) is 0 Å². The first-order chi connectivity index (χ1) is 15.7. The Bertz CT molecular complexity index is 1120. The van der Waals surface area contributed by atoms with Gasteiger partial charge in [0.2, 0.25) is 5.91 Å². The Morgan fingerprint density at radius 1 is 1.06 bits per heavy atom. The SMILES string of the molecule is O=C(Nc1cccc(CN2CCCCC2)c1)C1CSCN1C(=O)c1c[nH]c2ccccc12. The summed E-state index contributed by atoms with van der Waals surface area (Å²) in [6.07, 6.45) is 5.58. The largest absolute Gasteiger partial charge is 0.360 e. The molecular weight excluding hydrogens is 420 g/mol. The van der Waals surface area contributed by atoms with E-state index in [-0.39, 0.29) is 11.8 Å². The maximum Gasteiger partial charge on any atom is 0.257 e. The Labute approximate surface area is 192 Å². The smallest absolute Gasteiger partial charge is 0.257 e. The van der Waals surface area contributed by atoms with Crippen molar-refractivity contribution < 1.29 is 9.59 Å². The molecule has 1 atom stereocenters. The summed E-state index contributed by atoms with van der Waals surface area (Å²) in [5, 5.41) is 3.94. The highest BCUT2D eigenvalue weighted by molar-refractivity contribution is 7.99. The van der Waals surface area contributed by atoms with Crippen LogP contribution in [0.25, 0.3) is 10.9 Å². The second kappa shape index (κ2) is 9.38. The van der Waals surface area contributed by atoms with Gasteiger partial charge in [0.15, 0.2) is 0 Å². The molecule has 0 radical (unpaired) electrons. The summed E-state index contributed by atoms with van der Waals surface area (Å²) in [7, 11) is 0. The minimum Gasteiger partial charge on any atom is -0.360 e. The monoisotopic (exact) mass is 448 g/mol. The molecule has 6 nitrogen and oxygen atoms in total. The summed E-state index contributed by atoms with van der Waals surface area (Å²) in [5.41, 5.74) is 3.54. The number of fused-ring (bicyclic) bond motifs is 1. The van der Waals surface area contributed by atoms with Crippen LogP contribution in [0, 0.1) is 0 Å². The number of piperidine rings is 1. The van der Waals surface area contributed by atoms with E-state index in [9.17, 15) is 9.59 Å². The lowest BCUT2D eigenvalue weighted by Crippen LogP contribution is -2.44. The van der Waals surface area contributed by atoms with E-state index in [2.05, 4.69) is 27.3 Å². The standard InChI is InChI=1S/C25H28N4O2S/c30-24(27-19-8-6-7-18(13-19)15-28-11-4-1-5-12-28)23-16-32-17-29(23)25(31)21-14-26-22-10-3-2-9-20(21)22/h2-3,6-10,13-14,23,26H,1,4-5,11-12,15-17H2,(H,27,30). The molecular formula is C25H28N4O2S. The number of rotatable bonds is 5. The molecule has 3 aromatic rings. The second-order valence-corrected chi connectivity index (χ2v) is 9.56. The van der Waals surface area contributed by atoms with Crippen LogP contribution in [0.3, 0.4) is 0 Å². The number of benzene rings is 2. The van der Waals surface area contributed by atoms with E-state index in [1.807, 2.05) is 36.4 Å². The van der Waals surface area contributed by atoms with Crippen LogP contribution < -0.4 is 5.32 Å². The second-order valence-electron chi connectivity index (χ2n) is 8.56. The van der Waals surface area contributed by atoms with Gasteiger partial charge in [-0.2, -0.15) is 0 Å². The van der Waals surface area contributed by atoms with Gasteiger partial charge in [-0.1, -0.05) is 36.8 Å². The predicted molar refractivity (Wildman–Crippen MR) is 130 cm³/mol. The maximum absolute atomic E-state index is 13.3. The fourth-order valence-corrected chi connectivity index (χ4v) is 5.77. The first-order valence-electron chi connectivity index (χ1n) is 11.3. The maximum atomic E-state index is 13.3. The molecule has 2 saturated heterocycles. The molecule has 2 fully saturated rings. The lowest BCUT2D eigenvalue weighted by atomic mass is 10.1. The van der Waals surface area contributed by atoms with Crippen LogP contribution in [0.1, 0.15) is 35.2 Å². The predicted octanol–water partition coefficient (Wildman–Crippen LogP) is 4.31. The Morgan fingerprint density at radius 3 is 2.78 bits per heavy atom. The summed E-state index contributed by atoms with van der Waals surface area (Å²) >= 11 is 1.61. The summed E-state index contributed by atoms with van der Waals surface area (Å²) in [6.45, 7) is 3.19. The van der Waals surface area contributed by atoms with Crippen molar-refractivity contribution in [1.29, 1.82) is 0 Å². The van der Waals surface area contributed by atoms with Gasteiger partial charge in [0, 0.05) is 35.1 Å². The molecule has 2 amide bonds. The number of amides is 2. The number of carbonyl (C=O) groups is 2. The third kappa shape index (κ3) is 4.40. The van der Waals surface area contributed by atoms with E-state index in [0.29, 0.717) is 17.2 Å². The molecule has 1 aromatic heterocycles. The molecule has 1 unspecified atom stereocenters. The van der Waals surface area contributed by atoms with Crippen molar-refractivity contribution in [3.8, 4) is 0 Å². The molecule has 2 aliphatic rings. The molecule has 166 valence electrons. The number of nitrogens with zero attached hydrogens (tertiary/aromatic N) is 2. The van der Waals surface area contributed by atoms with E-state index >= 15 is 0 Å². The number of nitrogens with one attached hydrogen (secondary N) is 2. The van der Waals surface area contributed by atoms with Crippen molar-refractivity contribution in [2.45, 2.75) is 31.8 Å². The minimum atomic E-state index is -0.480. The molecule has 0 saturated carbocycles. The fraction of sp³-hybridized carbons (Fsp3) is 0.360. The number of H-pyrrole nitrogens is 1. The summed E-state index contributed by atoms with van der Waals surface area (Å²) in [4.78, 5) is 33.7. The quantitative estimate of drug-likeness (QED) is 0.610. The third-order valence-electron chi connectivity index (χ3n) is 6.31. The highest BCUT2D eigenvalue weighted by atomic mass is 32.2. The highest BCUT2D eigenvalue weighted by Gasteiger charge is 2.36. The van der Waals surface area contributed by atoms with E-state index in [4.69, 9.17) is 0 Å². The molecule has 2 aromatic carbocycles. The highest BCUT2D eigenvalue weighted by Crippen LogP contribution is 2.27. The first-order valence-corrected chi connectivity index (χ1v) is 12.4. The molecule has 0 spiro atoms. The average Bonchev–Trinajstić information content (AvgIpc) is 3.47. The van der Waals surface area contributed by atoms with E-state index in [1.165, 1.54) is 24.8 Å². The van der Waals surface area contributed by atoms with Crippen LogP contribution >= 0.6 is 11.8 Å². The van der Waals surface area contributed by atoms with Crippen LogP contribution in [0.4, 0.5) is 5.69 Å². The number of carbonyl (C=O) groups excluding carboxylic acids is 2. The van der Waals surface area contributed by atoms with Crippen molar-refractivity contribution in [2.75, 3.05) is 30.0 Å². The van der Waals surface area contributed by atoms with Gasteiger partial charge in [-0.05, 0) is 49.7 Å². The summed E-state index contributed by atoms with van der Waals surface area (Å²) in [5.74, 6) is 0.892. The van der Waals surface area contributed by atoms with Crippen molar-refractivity contribution >= 4 is 40.2 Å². The van der Waals surface area contributed by atoms with Crippen molar-refractivity contribution in [2.24, 2.45) is 0 Å². The summed E-state index contributed by atoms with van der Waals surface area (Å²) < 4.78 is 0. The number of aromatic nitrogens is 1. The topological polar surface area (TPSA) is 68.4 Å². The molecule has 32 heavy (non-hydrogen) atoms. The van der Waals surface area contributed by atoms with E-state index in [1.54, 1.807) is 22.9 Å². The van der Waals surface area contributed by atoms with Gasteiger partial charge >= 0.3 is 0 Å². The number of thioether (sulfide) groups is 1. The zero-order valence-corrected chi connectivity index (χ0v) is 18.9. The molecule has 5 rings (SSSR count). The number of para-hydroxylation sites is 1. The van der Waals surface area contributed by atoms with Gasteiger partial charge < -0.3 is 15.2 Å². The molecule has 0 aliphatic carbocycles. The van der Waals surface area contributed by atoms with Gasteiger partial charge in [-0.3, -0.25) is 14.5 Å². The Morgan fingerprint density at radius 2 is 1.91 bits per heavy atom. The van der Waals surface area contributed by atoms with Crippen molar-refractivity contribution in [3.05, 3.63) is 65.9 Å². The fourth-order valence-electron chi connectivity index (χ4n) is 4.61. The van der Waals surface area contributed by atoms with Gasteiger partial charge in [-0.25, -0.2) is 0 Å². The van der Waals surface area contributed by atoms with Crippen LogP contribution in [0.5, 0.6) is 0 Å². The lowest BCUT2D eigenvalue weighted by Gasteiger charge is -2.26. The average molecular weight is 449 g/mol. The number of anilines is 1. The van der Waals surface area contributed by atoms with Crippen molar-refractivity contribution in [1.82, 2.24) is 14.8 Å². The normalized spacial score (nSPS) is 19.4. The zero-order chi connectivity index (χ0) is 21.9. The van der Waals surface area contributed by atoms with E-state index in [0.717, 1.165) is 36.2 Å². The van der Waals surface area contributed by atoms with Crippen LogP contribution in [0.15, 0.2) is 54.7 Å². The molecule has 7 heteroatoms. The molecule has 2 aliphatic heterocycles. The number of likely N-dealkylation sites (tertiary alicyclic amines) is 1.